The molecule has 8 nitrogen and oxygen atoms in total. The minimum absolute atomic E-state index is 0.0998. The van der Waals surface area contributed by atoms with E-state index < -0.39 is 16.6 Å². The molecule has 1 N–H and O–H groups in total. The lowest BCUT2D eigenvalue weighted by Gasteiger charge is -2.03. The van der Waals surface area contributed by atoms with E-state index in [1.54, 1.807) is 0 Å². The quantitative estimate of drug-likeness (QED) is 0.343. The lowest BCUT2D eigenvalue weighted by atomic mass is 10.2. The molecule has 0 amide bonds. The van der Waals surface area contributed by atoms with E-state index in [0.717, 1.165) is 0 Å². The molecule has 0 unspecified atom stereocenters. The Kier molecular flexibility index (Phi) is 3.18. The summed E-state index contributed by atoms with van der Waals surface area (Å²) in [6, 6.07) is 9.47. The van der Waals surface area contributed by atoms with Crippen molar-refractivity contribution in [3.05, 3.63) is 68.7 Å². The van der Waals surface area contributed by atoms with Gasteiger partial charge in [0.25, 0.3) is 5.69 Å². The number of oxazole rings is 1. The first-order valence-electron chi connectivity index (χ1n) is 6.12. The first kappa shape index (κ1) is 13.6. The van der Waals surface area contributed by atoms with Gasteiger partial charge in [-0.05, 0) is 30.3 Å². The fourth-order valence-corrected chi connectivity index (χ4v) is 1.88. The number of aromatic amines is 1. The van der Waals surface area contributed by atoms with Crippen LogP contribution >= 0.6 is 0 Å². The van der Waals surface area contributed by atoms with Crippen LogP contribution in [0.5, 0.6) is 5.75 Å². The number of nitrogens with one attached hydrogen (secondary N) is 1. The van der Waals surface area contributed by atoms with Crippen molar-refractivity contribution in [1.29, 1.82) is 0 Å². The topological polar surface area (TPSA) is 115 Å². The summed E-state index contributed by atoms with van der Waals surface area (Å²) in [5.41, 5.74) is 0.820. The van der Waals surface area contributed by atoms with Crippen LogP contribution < -0.4 is 10.5 Å². The number of H-pyrrole nitrogens is 1. The molecule has 0 bridgehead atoms. The van der Waals surface area contributed by atoms with Crippen molar-refractivity contribution in [3.63, 3.8) is 0 Å². The summed E-state index contributed by atoms with van der Waals surface area (Å²) < 4.78 is 9.94. The van der Waals surface area contributed by atoms with E-state index in [9.17, 15) is 19.7 Å². The molecule has 0 radical (unpaired) electrons. The van der Waals surface area contributed by atoms with Crippen molar-refractivity contribution in [2.75, 3.05) is 0 Å². The molecule has 110 valence electrons. The highest BCUT2D eigenvalue weighted by molar-refractivity contribution is 5.94. The van der Waals surface area contributed by atoms with Crippen molar-refractivity contribution >= 4 is 22.8 Å². The van der Waals surface area contributed by atoms with Gasteiger partial charge in [-0.2, -0.15) is 0 Å². The molecule has 0 atom stereocenters. The molecular weight excluding hydrogens is 292 g/mol. The molecule has 0 aliphatic heterocycles. The lowest BCUT2D eigenvalue weighted by Crippen LogP contribution is -2.08. The van der Waals surface area contributed by atoms with Gasteiger partial charge in [0.2, 0.25) is 0 Å². The number of non-ortho nitro benzene ring substituents is 1. The average molecular weight is 300 g/mol. The average Bonchev–Trinajstić information content (AvgIpc) is 2.86. The Bertz CT molecular complexity index is 922. The second kappa shape index (κ2) is 5.17. The smallest absolute Gasteiger partial charge is 0.417 e. The van der Waals surface area contributed by atoms with E-state index in [1.807, 2.05) is 0 Å². The summed E-state index contributed by atoms with van der Waals surface area (Å²) in [5.74, 6) is -1.09. The van der Waals surface area contributed by atoms with Gasteiger partial charge in [0, 0.05) is 12.1 Å². The van der Waals surface area contributed by atoms with Crippen LogP contribution in [0.1, 0.15) is 10.4 Å². The predicted molar refractivity (Wildman–Crippen MR) is 74.9 cm³/mol. The number of rotatable bonds is 3. The number of carbonyl (C=O) groups excluding carboxylic acids is 1. The van der Waals surface area contributed by atoms with Gasteiger partial charge in [-0.15, -0.1) is 0 Å². The molecule has 1 heterocycles. The molecule has 22 heavy (non-hydrogen) atoms. The number of aromatic nitrogens is 1. The molecule has 0 saturated heterocycles. The Morgan fingerprint density at radius 2 is 1.91 bits per heavy atom. The number of fused-ring (bicyclic) bond motifs is 1. The maximum atomic E-state index is 12.0. The van der Waals surface area contributed by atoms with Crippen LogP contribution in [0.4, 0.5) is 5.69 Å². The van der Waals surface area contributed by atoms with Crippen LogP contribution in [0, 0.1) is 10.1 Å². The maximum absolute atomic E-state index is 12.0. The van der Waals surface area contributed by atoms with Crippen LogP contribution in [-0.4, -0.2) is 15.9 Å². The first-order valence-corrected chi connectivity index (χ1v) is 6.12. The molecule has 0 aliphatic carbocycles. The molecule has 0 fully saturated rings. The number of nitro groups is 1. The number of benzene rings is 2. The number of carbonyl (C=O) groups is 1. The second-order valence-electron chi connectivity index (χ2n) is 4.37. The summed E-state index contributed by atoms with van der Waals surface area (Å²) >= 11 is 0. The minimum Gasteiger partial charge on any atom is -0.423 e. The first-order chi connectivity index (χ1) is 10.5. The molecule has 8 heteroatoms. The summed E-state index contributed by atoms with van der Waals surface area (Å²) in [5, 5.41) is 10.5. The minimum atomic E-state index is -0.655. The third-order valence-corrected chi connectivity index (χ3v) is 2.91. The Balaban J connectivity index is 1.83. The molecule has 0 aliphatic rings. The number of ether oxygens (including phenoxy) is 1. The highest BCUT2D eigenvalue weighted by atomic mass is 16.6. The van der Waals surface area contributed by atoms with Crippen molar-refractivity contribution in [2.45, 2.75) is 0 Å². The van der Waals surface area contributed by atoms with Crippen molar-refractivity contribution < 1.29 is 18.9 Å². The number of nitrogens with zero attached hydrogens (tertiary/aromatic N) is 1. The van der Waals surface area contributed by atoms with Gasteiger partial charge in [0.1, 0.15) is 5.75 Å². The van der Waals surface area contributed by atoms with Gasteiger partial charge < -0.3 is 9.15 Å². The molecule has 2 aromatic carbocycles. The monoisotopic (exact) mass is 300 g/mol. The molecule has 1 aromatic heterocycles. The van der Waals surface area contributed by atoms with Crippen molar-refractivity contribution in [2.24, 2.45) is 0 Å². The lowest BCUT2D eigenvalue weighted by molar-refractivity contribution is -0.384. The Morgan fingerprint density at radius 1 is 1.18 bits per heavy atom. The van der Waals surface area contributed by atoms with Gasteiger partial charge in [-0.25, -0.2) is 9.59 Å². The summed E-state index contributed by atoms with van der Waals surface area (Å²) in [6.45, 7) is 0. The Hall–Kier alpha value is -3.42. The van der Waals surface area contributed by atoms with Crippen LogP contribution in [0.25, 0.3) is 11.1 Å². The largest absolute Gasteiger partial charge is 0.423 e. The van der Waals surface area contributed by atoms with Gasteiger partial charge in [0.15, 0.2) is 5.58 Å². The number of hydrogen-bond donors (Lipinski definition) is 1. The van der Waals surface area contributed by atoms with E-state index in [4.69, 9.17) is 9.15 Å². The molecule has 3 aromatic rings. The fourth-order valence-electron chi connectivity index (χ4n) is 1.88. The van der Waals surface area contributed by atoms with Gasteiger partial charge >= 0.3 is 11.7 Å². The van der Waals surface area contributed by atoms with Crippen LogP contribution in [0.15, 0.2) is 51.7 Å². The van der Waals surface area contributed by atoms with Gasteiger partial charge in [0.05, 0.1) is 16.0 Å². The third-order valence-electron chi connectivity index (χ3n) is 2.91. The zero-order chi connectivity index (χ0) is 15.7. The van der Waals surface area contributed by atoms with Crippen LogP contribution in [-0.2, 0) is 0 Å². The second-order valence-corrected chi connectivity index (χ2v) is 4.37. The van der Waals surface area contributed by atoms with Crippen molar-refractivity contribution in [1.82, 2.24) is 4.98 Å². The highest BCUT2D eigenvalue weighted by Gasteiger charge is 2.12. The summed E-state index contributed by atoms with van der Waals surface area (Å²) in [4.78, 5) is 35.5. The van der Waals surface area contributed by atoms with E-state index in [1.165, 1.54) is 42.5 Å². The zero-order valence-electron chi connectivity index (χ0n) is 10.9. The molecule has 0 spiro atoms. The van der Waals surface area contributed by atoms with Gasteiger partial charge in [-0.1, -0.05) is 0 Å². The molecule has 3 rings (SSSR count). The molecule has 0 saturated carbocycles. The van der Waals surface area contributed by atoms with Crippen LogP contribution in [0.2, 0.25) is 0 Å². The van der Waals surface area contributed by atoms with Crippen LogP contribution in [0.3, 0.4) is 0 Å². The van der Waals surface area contributed by atoms with Gasteiger partial charge in [-0.3, -0.25) is 15.1 Å². The number of esters is 1. The molecular formula is C14H8N2O6. The fraction of sp³-hybridized carbons (Fsp3) is 0. The Labute approximate surface area is 122 Å². The maximum Gasteiger partial charge on any atom is 0.417 e. The normalized spacial score (nSPS) is 10.5. The highest BCUT2D eigenvalue weighted by Crippen LogP contribution is 2.19. The zero-order valence-corrected chi connectivity index (χ0v) is 10.9. The summed E-state index contributed by atoms with van der Waals surface area (Å²) in [6.07, 6.45) is 0. The standard InChI is InChI=1S/C14H8N2O6/c17-13(21-10-4-2-9(3-5-10)16(19)20)8-1-6-12-11(7-8)15-14(18)22-12/h1-7H,(H,15,18). The Morgan fingerprint density at radius 3 is 2.59 bits per heavy atom. The number of nitro benzene ring substituents is 1. The van der Waals surface area contributed by atoms with E-state index in [2.05, 4.69) is 4.98 Å². The summed E-state index contributed by atoms with van der Waals surface area (Å²) in [7, 11) is 0. The SMILES string of the molecule is O=C(Oc1ccc([N+](=O)[O-])cc1)c1ccc2oc(=O)[nH]c2c1. The third kappa shape index (κ3) is 2.57. The van der Waals surface area contributed by atoms with E-state index in [0.29, 0.717) is 11.1 Å². The van der Waals surface area contributed by atoms with E-state index in [-0.39, 0.29) is 17.0 Å². The van der Waals surface area contributed by atoms with Crippen molar-refractivity contribution in [3.8, 4) is 5.75 Å². The predicted octanol–water partition coefficient (Wildman–Crippen LogP) is 2.25. The number of hydrogen-bond acceptors (Lipinski definition) is 6. The van der Waals surface area contributed by atoms with E-state index >= 15 is 0 Å².